The molecule has 0 aliphatic rings. The number of nitrogens with zero attached hydrogens (tertiary/aromatic N) is 4. The van der Waals surface area contributed by atoms with Crippen molar-refractivity contribution < 1.29 is 22.0 Å². The molecule has 2 aromatic carbocycles. The Bertz CT molecular complexity index is 1120. The van der Waals surface area contributed by atoms with Crippen LogP contribution in [0.4, 0.5) is 17.6 Å². The Morgan fingerprint density at radius 2 is 1.79 bits per heavy atom. The van der Waals surface area contributed by atoms with E-state index < -0.39 is 18.1 Å². The molecule has 0 bridgehead atoms. The molecule has 0 spiro atoms. The SMILES string of the molecule is Fc1cccc(Cn2ccnc2-c2cc(F)cc(-c3nnc(C(F)F)o3)c2)c1. The van der Waals surface area contributed by atoms with E-state index in [4.69, 9.17) is 4.42 Å². The largest absolute Gasteiger partial charge is 0.415 e. The van der Waals surface area contributed by atoms with E-state index in [0.29, 0.717) is 23.5 Å². The lowest BCUT2D eigenvalue weighted by molar-refractivity contribution is 0.116. The zero-order valence-corrected chi connectivity index (χ0v) is 14.2. The highest BCUT2D eigenvalue weighted by molar-refractivity contribution is 5.65. The number of benzene rings is 2. The Morgan fingerprint density at radius 3 is 2.54 bits per heavy atom. The van der Waals surface area contributed by atoms with Gasteiger partial charge in [0.1, 0.15) is 17.5 Å². The molecule has 2 aromatic heterocycles. The summed E-state index contributed by atoms with van der Waals surface area (Å²) in [5, 5.41) is 6.79. The molecule has 142 valence electrons. The van der Waals surface area contributed by atoms with Crippen molar-refractivity contribution in [2.75, 3.05) is 0 Å². The number of halogens is 4. The van der Waals surface area contributed by atoms with E-state index in [0.717, 1.165) is 6.07 Å². The third-order valence-electron chi connectivity index (χ3n) is 3.99. The summed E-state index contributed by atoms with van der Waals surface area (Å²) in [5.74, 6) is -1.63. The fraction of sp³-hybridized carbons (Fsp3) is 0.105. The van der Waals surface area contributed by atoms with Crippen LogP contribution in [0.5, 0.6) is 0 Å². The van der Waals surface area contributed by atoms with Gasteiger partial charge in [-0.3, -0.25) is 0 Å². The number of imidazole rings is 1. The zero-order chi connectivity index (χ0) is 19.7. The third-order valence-corrected chi connectivity index (χ3v) is 3.99. The molecule has 0 radical (unpaired) electrons. The van der Waals surface area contributed by atoms with Gasteiger partial charge in [-0.05, 0) is 35.9 Å². The molecule has 4 rings (SSSR count). The molecular weight excluding hydrogens is 376 g/mol. The van der Waals surface area contributed by atoms with E-state index in [1.807, 2.05) is 0 Å². The predicted molar refractivity (Wildman–Crippen MR) is 91.4 cm³/mol. The van der Waals surface area contributed by atoms with Gasteiger partial charge in [0.25, 0.3) is 5.89 Å². The lowest BCUT2D eigenvalue weighted by atomic mass is 10.1. The lowest BCUT2D eigenvalue weighted by Crippen LogP contribution is -2.02. The van der Waals surface area contributed by atoms with Crippen molar-refractivity contribution in [2.45, 2.75) is 13.0 Å². The van der Waals surface area contributed by atoms with Gasteiger partial charge in [0.15, 0.2) is 0 Å². The van der Waals surface area contributed by atoms with Crippen LogP contribution in [0, 0.1) is 11.6 Å². The maximum Gasteiger partial charge on any atom is 0.314 e. The summed E-state index contributed by atoms with van der Waals surface area (Å²) >= 11 is 0. The molecule has 9 heteroatoms. The molecule has 0 N–H and O–H groups in total. The van der Waals surface area contributed by atoms with E-state index in [-0.39, 0.29) is 17.3 Å². The number of aromatic nitrogens is 4. The predicted octanol–water partition coefficient (Wildman–Crippen LogP) is 4.86. The van der Waals surface area contributed by atoms with Crippen molar-refractivity contribution in [1.29, 1.82) is 0 Å². The van der Waals surface area contributed by atoms with Crippen LogP contribution in [-0.2, 0) is 6.54 Å². The molecule has 28 heavy (non-hydrogen) atoms. The summed E-state index contributed by atoms with van der Waals surface area (Å²) in [6.45, 7) is 0.315. The van der Waals surface area contributed by atoms with Gasteiger partial charge in [-0.1, -0.05) is 12.1 Å². The number of rotatable bonds is 5. The molecular formula is C19H12F4N4O. The van der Waals surface area contributed by atoms with Gasteiger partial charge >= 0.3 is 6.43 Å². The Kier molecular flexibility index (Phi) is 4.64. The molecule has 0 aliphatic carbocycles. The van der Waals surface area contributed by atoms with Gasteiger partial charge in [0, 0.05) is 30.1 Å². The van der Waals surface area contributed by atoms with Crippen LogP contribution >= 0.6 is 0 Å². The van der Waals surface area contributed by atoms with Gasteiger partial charge in [0.05, 0.1) is 0 Å². The highest BCUT2D eigenvalue weighted by Crippen LogP contribution is 2.28. The quantitative estimate of drug-likeness (QED) is 0.458. The molecule has 0 fully saturated rings. The first-order valence-corrected chi connectivity index (χ1v) is 8.18. The first-order valence-electron chi connectivity index (χ1n) is 8.18. The minimum atomic E-state index is -2.92. The number of hydrogen-bond acceptors (Lipinski definition) is 4. The van der Waals surface area contributed by atoms with Crippen molar-refractivity contribution in [3.05, 3.63) is 77.9 Å². The van der Waals surface area contributed by atoms with E-state index >= 15 is 0 Å². The van der Waals surface area contributed by atoms with Crippen LogP contribution in [0.15, 0.2) is 59.3 Å². The van der Waals surface area contributed by atoms with Crippen LogP contribution in [0.25, 0.3) is 22.8 Å². The van der Waals surface area contributed by atoms with E-state index in [9.17, 15) is 17.6 Å². The summed E-state index contributed by atoms with van der Waals surface area (Å²) in [4.78, 5) is 4.23. The van der Waals surface area contributed by atoms with Gasteiger partial charge in [-0.25, -0.2) is 13.8 Å². The minimum Gasteiger partial charge on any atom is -0.415 e. The summed E-state index contributed by atoms with van der Waals surface area (Å²) in [7, 11) is 0. The molecule has 0 amide bonds. The van der Waals surface area contributed by atoms with E-state index in [1.165, 1.54) is 30.5 Å². The molecule has 2 heterocycles. The summed E-state index contributed by atoms with van der Waals surface area (Å²) < 4.78 is 59.5. The van der Waals surface area contributed by atoms with Gasteiger partial charge in [-0.15, -0.1) is 10.2 Å². The average molecular weight is 388 g/mol. The Hall–Kier alpha value is -3.49. The zero-order valence-electron chi connectivity index (χ0n) is 14.2. The van der Waals surface area contributed by atoms with Crippen LogP contribution in [0.2, 0.25) is 0 Å². The fourth-order valence-electron chi connectivity index (χ4n) is 2.81. The lowest BCUT2D eigenvalue weighted by Gasteiger charge is -2.09. The molecule has 0 aliphatic heterocycles. The van der Waals surface area contributed by atoms with Gasteiger partial charge < -0.3 is 8.98 Å². The first kappa shape index (κ1) is 17.9. The number of hydrogen-bond donors (Lipinski definition) is 0. The Labute approximate surface area is 156 Å². The van der Waals surface area contributed by atoms with Crippen LogP contribution in [0.1, 0.15) is 17.9 Å². The second-order valence-corrected chi connectivity index (χ2v) is 5.98. The van der Waals surface area contributed by atoms with Crippen molar-refractivity contribution in [2.24, 2.45) is 0 Å². The molecule has 0 atom stereocenters. The smallest absolute Gasteiger partial charge is 0.314 e. The van der Waals surface area contributed by atoms with Crippen LogP contribution < -0.4 is 0 Å². The average Bonchev–Trinajstić information content (AvgIpc) is 3.31. The van der Waals surface area contributed by atoms with E-state index in [1.54, 1.807) is 22.9 Å². The summed E-state index contributed by atoms with van der Waals surface area (Å²) in [5.41, 5.74) is 1.23. The summed E-state index contributed by atoms with van der Waals surface area (Å²) in [6, 6.07) is 9.95. The molecule has 0 saturated carbocycles. The Balaban J connectivity index is 1.70. The second-order valence-electron chi connectivity index (χ2n) is 5.98. The van der Waals surface area contributed by atoms with Gasteiger partial charge in [0.2, 0.25) is 5.89 Å². The van der Waals surface area contributed by atoms with Crippen molar-refractivity contribution in [1.82, 2.24) is 19.7 Å². The normalized spacial score (nSPS) is 11.3. The van der Waals surface area contributed by atoms with Gasteiger partial charge in [-0.2, -0.15) is 8.78 Å². The van der Waals surface area contributed by atoms with Crippen LogP contribution in [0.3, 0.4) is 0 Å². The van der Waals surface area contributed by atoms with E-state index in [2.05, 4.69) is 15.2 Å². The number of alkyl halides is 2. The van der Waals surface area contributed by atoms with Crippen molar-refractivity contribution in [3.8, 4) is 22.8 Å². The molecule has 4 aromatic rings. The minimum absolute atomic E-state index is 0.148. The Morgan fingerprint density at radius 1 is 0.964 bits per heavy atom. The molecule has 0 saturated heterocycles. The van der Waals surface area contributed by atoms with Crippen molar-refractivity contribution in [3.63, 3.8) is 0 Å². The third kappa shape index (κ3) is 3.64. The monoisotopic (exact) mass is 388 g/mol. The van der Waals surface area contributed by atoms with Crippen molar-refractivity contribution >= 4 is 0 Å². The second kappa shape index (κ2) is 7.26. The standard InChI is InChI=1S/C19H12F4N4O/c20-14-3-1-2-11(6-14)10-27-5-4-24-17(27)12-7-13(9-15(21)8-12)18-25-26-19(28-18)16(22)23/h1-9,16H,10H2. The highest BCUT2D eigenvalue weighted by Gasteiger charge is 2.18. The molecule has 0 unspecified atom stereocenters. The fourth-order valence-corrected chi connectivity index (χ4v) is 2.81. The summed E-state index contributed by atoms with van der Waals surface area (Å²) in [6.07, 6.45) is 0.284. The first-order chi connectivity index (χ1) is 13.5. The molecule has 5 nitrogen and oxygen atoms in total. The maximum absolute atomic E-state index is 14.2. The maximum atomic E-state index is 14.2. The van der Waals surface area contributed by atoms with Crippen LogP contribution in [-0.4, -0.2) is 19.7 Å². The topological polar surface area (TPSA) is 56.7 Å². The highest BCUT2D eigenvalue weighted by atomic mass is 19.3.